The van der Waals surface area contributed by atoms with Crippen LogP contribution in [0.3, 0.4) is 0 Å². The van der Waals surface area contributed by atoms with Gasteiger partial charge in [-0.15, -0.1) is 11.3 Å². The maximum absolute atomic E-state index is 12.0. The number of aromatic amines is 1. The highest BCUT2D eigenvalue weighted by molar-refractivity contribution is 7.13. The number of hydrogen-bond acceptors (Lipinski definition) is 6. The molecule has 108 valence electrons. The van der Waals surface area contributed by atoms with Crippen LogP contribution in [0.4, 0.5) is 0 Å². The molecule has 0 aliphatic rings. The highest BCUT2D eigenvalue weighted by Gasteiger charge is 2.16. The van der Waals surface area contributed by atoms with Crippen molar-refractivity contribution in [1.82, 2.24) is 20.3 Å². The van der Waals surface area contributed by atoms with Gasteiger partial charge in [-0.3, -0.25) is 4.79 Å². The smallest absolute Gasteiger partial charge is 0.271 e. The first-order valence-corrected chi connectivity index (χ1v) is 6.97. The van der Waals surface area contributed by atoms with Crippen molar-refractivity contribution >= 4 is 17.2 Å². The number of nitrogens with one attached hydrogen (secondary N) is 2. The molecule has 0 aromatic carbocycles. The van der Waals surface area contributed by atoms with Crippen LogP contribution in [-0.4, -0.2) is 52.3 Å². The van der Waals surface area contributed by atoms with E-state index < -0.39 is 0 Å². The van der Waals surface area contributed by atoms with Gasteiger partial charge in [0.05, 0.1) is 30.9 Å². The number of nitrogens with zero attached hydrogens (tertiary/aromatic N) is 2. The topological polar surface area (TPSA) is 100 Å². The lowest BCUT2D eigenvalue weighted by molar-refractivity contribution is 0.0890. The minimum Gasteiger partial charge on any atom is -0.394 e. The highest BCUT2D eigenvalue weighted by atomic mass is 32.1. The van der Waals surface area contributed by atoms with E-state index in [0.29, 0.717) is 23.7 Å². The van der Waals surface area contributed by atoms with Crippen molar-refractivity contribution < 1.29 is 14.6 Å². The molecule has 1 amide bonds. The molecule has 0 aliphatic heterocycles. The van der Waals surface area contributed by atoms with Gasteiger partial charge in [0.1, 0.15) is 10.7 Å². The molecule has 8 heteroatoms. The summed E-state index contributed by atoms with van der Waals surface area (Å²) in [5, 5.41) is 14.3. The summed E-state index contributed by atoms with van der Waals surface area (Å²) in [5.41, 5.74) is 1.10. The van der Waals surface area contributed by atoms with Gasteiger partial charge in [-0.05, 0) is 6.42 Å². The fraction of sp³-hybridized carbons (Fsp3) is 0.417. The van der Waals surface area contributed by atoms with Crippen molar-refractivity contribution in [3.63, 3.8) is 0 Å². The van der Waals surface area contributed by atoms with E-state index in [1.54, 1.807) is 25.0 Å². The number of aliphatic hydroxyl groups is 1. The third-order valence-corrected chi connectivity index (χ3v) is 3.57. The zero-order valence-electron chi connectivity index (χ0n) is 11.0. The number of aromatic nitrogens is 3. The second kappa shape index (κ2) is 7.13. The van der Waals surface area contributed by atoms with Crippen LogP contribution in [-0.2, 0) is 4.74 Å². The predicted octanol–water partition coefficient (Wildman–Crippen LogP) is 0.660. The van der Waals surface area contributed by atoms with Gasteiger partial charge in [0.25, 0.3) is 5.91 Å². The van der Waals surface area contributed by atoms with E-state index in [2.05, 4.69) is 20.3 Å². The molecule has 0 saturated heterocycles. The number of imidazole rings is 1. The quantitative estimate of drug-likeness (QED) is 0.697. The predicted molar refractivity (Wildman–Crippen MR) is 74.5 cm³/mol. The number of thiazole rings is 1. The van der Waals surface area contributed by atoms with Crippen LogP contribution in [0.5, 0.6) is 0 Å². The van der Waals surface area contributed by atoms with Gasteiger partial charge in [0, 0.05) is 19.1 Å². The average Bonchev–Trinajstić information content (AvgIpc) is 3.12. The summed E-state index contributed by atoms with van der Waals surface area (Å²) in [6.07, 6.45) is 3.76. The molecule has 0 bridgehead atoms. The molecular weight excluding hydrogens is 280 g/mol. The monoisotopic (exact) mass is 296 g/mol. The van der Waals surface area contributed by atoms with Crippen molar-refractivity contribution in [2.24, 2.45) is 0 Å². The van der Waals surface area contributed by atoms with Gasteiger partial charge in [-0.25, -0.2) is 9.97 Å². The summed E-state index contributed by atoms with van der Waals surface area (Å²) in [5.74, 6) is -0.304. The average molecular weight is 296 g/mol. The Morgan fingerprint density at radius 3 is 3.15 bits per heavy atom. The molecule has 0 saturated carbocycles. The van der Waals surface area contributed by atoms with E-state index >= 15 is 0 Å². The first-order chi connectivity index (χ1) is 9.74. The number of ether oxygens (including phenoxy) is 1. The van der Waals surface area contributed by atoms with Gasteiger partial charge in [0.2, 0.25) is 0 Å². The Labute approximate surface area is 120 Å². The van der Waals surface area contributed by atoms with Crippen molar-refractivity contribution in [2.75, 3.05) is 20.3 Å². The second-order valence-electron chi connectivity index (χ2n) is 4.14. The minimum absolute atomic E-state index is 0.132. The maximum Gasteiger partial charge on any atom is 0.271 e. The molecule has 20 heavy (non-hydrogen) atoms. The van der Waals surface area contributed by atoms with E-state index in [1.807, 2.05) is 0 Å². The Balaban J connectivity index is 1.99. The SMILES string of the molecule is COCCC(CO)NC(=O)c1csc(-c2cnc[nH]2)n1. The lowest BCUT2D eigenvalue weighted by atomic mass is 10.2. The lowest BCUT2D eigenvalue weighted by Gasteiger charge is -2.14. The Morgan fingerprint density at radius 2 is 2.50 bits per heavy atom. The number of methoxy groups -OCH3 is 1. The van der Waals surface area contributed by atoms with Crippen LogP contribution in [0.1, 0.15) is 16.9 Å². The zero-order chi connectivity index (χ0) is 14.4. The van der Waals surface area contributed by atoms with E-state index in [1.165, 1.54) is 11.3 Å². The summed E-state index contributed by atoms with van der Waals surface area (Å²) in [7, 11) is 1.58. The third kappa shape index (κ3) is 3.62. The lowest BCUT2D eigenvalue weighted by Crippen LogP contribution is -2.38. The van der Waals surface area contributed by atoms with Gasteiger partial charge in [-0.1, -0.05) is 0 Å². The van der Waals surface area contributed by atoms with Crippen LogP contribution in [0.2, 0.25) is 0 Å². The van der Waals surface area contributed by atoms with E-state index in [4.69, 9.17) is 4.74 Å². The first-order valence-electron chi connectivity index (χ1n) is 6.09. The Hall–Kier alpha value is -1.77. The molecule has 7 nitrogen and oxygen atoms in total. The molecule has 0 radical (unpaired) electrons. The second-order valence-corrected chi connectivity index (χ2v) is 5.00. The molecular formula is C12H16N4O3S. The van der Waals surface area contributed by atoms with Crippen LogP contribution < -0.4 is 5.32 Å². The maximum atomic E-state index is 12.0. The van der Waals surface area contributed by atoms with Gasteiger partial charge in [0.15, 0.2) is 0 Å². The number of carbonyl (C=O) groups excluding carboxylic acids is 1. The van der Waals surface area contributed by atoms with Crippen molar-refractivity contribution in [3.05, 3.63) is 23.6 Å². The number of H-pyrrole nitrogens is 1. The van der Waals surface area contributed by atoms with E-state index in [0.717, 1.165) is 5.69 Å². The summed E-state index contributed by atoms with van der Waals surface area (Å²) in [4.78, 5) is 23.1. The zero-order valence-corrected chi connectivity index (χ0v) is 11.8. The minimum atomic E-state index is -0.334. The molecule has 2 aromatic rings. The van der Waals surface area contributed by atoms with E-state index in [9.17, 15) is 9.90 Å². The summed E-state index contributed by atoms with van der Waals surface area (Å²) in [6, 6.07) is -0.334. The number of hydrogen-bond donors (Lipinski definition) is 3. The fourth-order valence-corrected chi connectivity index (χ4v) is 2.38. The van der Waals surface area contributed by atoms with Crippen LogP contribution >= 0.6 is 11.3 Å². The molecule has 1 atom stereocenters. The molecule has 0 fully saturated rings. The Morgan fingerprint density at radius 1 is 1.65 bits per heavy atom. The van der Waals surface area contributed by atoms with Gasteiger partial charge < -0.3 is 20.1 Å². The molecule has 2 aromatic heterocycles. The molecule has 0 spiro atoms. The van der Waals surface area contributed by atoms with Crippen molar-refractivity contribution in [1.29, 1.82) is 0 Å². The first kappa shape index (κ1) is 14.6. The number of aliphatic hydroxyl groups excluding tert-OH is 1. The summed E-state index contributed by atoms with van der Waals surface area (Å²) >= 11 is 1.36. The largest absolute Gasteiger partial charge is 0.394 e. The normalized spacial score (nSPS) is 12.3. The van der Waals surface area contributed by atoms with Gasteiger partial charge >= 0.3 is 0 Å². The van der Waals surface area contributed by atoms with Crippen molar-refractivity contribution in [3.8, 4) is 10.7 Å². The number of amides is 1. The third-order valence-electron chi connectivity index (χ3n) is 2.69. The van der Waals surface area contributed by atoms with E-state index in [-0.39, 0.29) is 18.6 Å². The Bertz CT molecular complexity index is 541. The molecule has 1 unspecified atom stereocenters. The standard InChI is InChI=1S/C12H16N4O3S/c1-19-3-2-8(5-17)15-11(18)10-6-20-12(16-10)9-4-13-7-14-9/h4,6-8,17H,2-3,5H2,1H3,(H,13,14)(H,15,18). The van der Waals surface area contributed by atoms with Crippen LogP contribution in [0, 0.1) is 0 Å². The number of carbonyl (C=O) groups is 1. The molecule has 2 heterocycles. The summed E-state index contributed by atoms with van der Waals surface area (Å²) in [6.45, 7) is 0.342. The van der Waals surface area contributed by atoms with Gasteiger partial charge in [-0.2, -0.15) is 0 Å². The number of rotatable bonds is 7. The van der Waals surface area contributed by atoms with Crippen LogP contribution in [0.15, 0.2) is 17.9 Å². The van der Waals surface area contributed by atoms with Crippen molar-refractivity contribution in [2.45, 2.75) is 12.5 Å². The fourth-order valence-electron chi connectivity index (χ4n) is 1.60. The molecule has 3 N–H and O–H groups in total. The Kier molecular flexibility index (Phi) is 5.22. The summed E-state index contributed by atoms with van der Waals surface area (Å²) < 4.78 is 4.93. The highest BCUT2D eigenvalue weighted by Crippen LogP contribution is 2.20. The van der Waals surface area contributed by atoms with Crippen LogP contribution in [0.25, 0.3) is 10.7 Å². The molecule has 2 rings (SSSR count). The molecule has 0 aliphatic carbocycles.